The van der Waals surface area contributed by atoms with Crippen LogP contribution in [0.1, 0.15) is 0 Å². The second kappa shape index (κ2) is 5.31. The van der Waals surface area contributed by atoms with E-state index in [0.29, 0.717) is 22.0 Å². The van der Waals surface area contributed by atoms with Crippen LogP contribution in [-0.2, 0) is 7.05 Å². The molecule has 0 bridgehead atoms. The van der Waals surface area contributed by atoms with Crippen molar-refractivity contribution >= 4 is 22.7 Å². The molecule has 0 fully saturated rings. The maximum atomic E-state index is 13.7. The van der Waals surface area contributed by atoms with Gasteiger partial charge in [-0.2, -0.15) is 0 Å². The van der Waals surface area contributed by atoms with Crippen molar-refractivity contribution in [3.8, 4) is 0 Å². The minimum atomic E-state index is -2.16. The Labute approximate surface area is 126 Å². The molecule has 1 aromatic heterocycles. The van der Waals surface area contributed by atoms with Crippen LogP contribution in [0.5, 0.6) is 0 Å². The van der Waals surface area contributed by atoms with Crippen molar-refractivity contribution in [1.29, 1.82) is 0 Å². The van der Waals surface area contributed by atoms with Crippen molar-refractivity contribution in [3.63, 3.8) is 0 Å². The largest absolute Gasteiger partial charge is 0.349 e. The molecule has 0 saturated heterocycles. The van der Waals surface area contributed by atoms with E-state index in [4.69, 9.17) is 0 Å². The van der Waals surface area contributed by atoms with Crippen molar-refractivity contribution in [3.05, 3.63) is 59.5 Å². The quantitative estimate of drug-likeness (QED) is 0.363. The number of aromatic nitrogens is 1. The first-order chi connectivity index (χ1) is 10.4. The first-order valence-corrected chi connectivity index (χ1v) is 6.96. The normalized spacial score (nSPS) is 11.4. The van der Waals surface area contributed by atoms with E-state index in [0.717, 1.165) is 5.52 Å². The smallest absolute Gasteiger partial charge is 0.200 e. The Morgan fingerprint density at radius 2 is 1.36 bits per heavy atom. The van der Waals surface area contributed by atoms with Gasteiger partial charge in [0.25, 0.3) is 0 Å². The molecule has 0 amide bonds. The number of benzene rings is 2. The van der Waals surface area contributed by atoms with Crippen LogP contribution in [0.2, 0.25) is 0 Å². The van der Waals surface area contributed by atoms with E-state index in [1.54, 1.807) is 42.1 Å². The molecular weight excluding hydrogens is 321 g/mol. The van der Waals surface area contributed by atoms with Gasteiger partial charge < -0.3 is 4.57 Å². The van der Waals surface area contributed by atoms with Crippen LogP contribution in [0.3, 0.4) is 0 Å². The van der Waals surface area contributed by atoms with Crippen LogP contribution in [0.15, 0.2) is 40.3 Å². The summed E-state index contributed by atoms with van der Waals surface area (Å²) in [5.41, 5.74) is 0.786. The van der Waals surface area contributed by atoms with E-state index in [1.807, 2.05) is 0 Å². The predicted octanol–water partition coefficient (Wildman–Crippen LogP) is 5.03. The summed E-state index contributed by atoms with van der Waals surface area (Å²) in [4.78, 5) is -0.505. The van der Waals surface area contributed by atoms with Gasteiger partial charge in [-0.25, -0.2) is 22.0 Å². The molecule has 0 spiro atoms. The molecular formula is C15H8F5NS. The van der Waals surface area contributed by atoms with Gasteiger partial charge in [0.15, 0.2) is 23.3 Å². The van der Waals surface area contributed by atoms with Crippen LogP contribution in [0.25, 0.3) is 10.9 Å². The minimum Gasteiger partial charge on any atom is -0.349 e. The SMILES string of the molecule is Cn1cc(Sc2c(F)c(F)c(F)c(F)c2F)c2ccccc21. The molecule has 0 aliphatic heterocycles. The van der Waals surface area contributed by atoms with Crippen molar-refractivity contribution in [1.82, 2.24) is 4.57 Å². The standard InChI is InChI=1S/C15H8F5NS/c1-21-6-9(7-4-2-3-5-8(7)21)22-15-13(19)11(17)10(16)12(18)14(15)20/h2-6H,1H3. The number of fused-ring (bicyclic) bond motifs is 1. The molecule has 1 heterocycles. The molecule has 0 unspecified atom stereocenters. The number of nitrogens with zero attached hydrogens (tertiary/aromatic N) is 1. The molecule has 7 heteroatoms. The summed E-state index contributed by atoms with van der Waals surface area (Å²) in [5.74, 6) is -9.69. The minimum absolute atomic E-state index is 0.404. The fourth-order valence-corrected chi connectivity index (χ4v) is 3.24. The molecule has 3 rings (SSSR count). The number of hydrogen-bond donors (Lipinski definition) is 0. The first-order valence-electron chi connectivity index (χ1n) is 6.15. The molecule has 0 radical (unpaired) electrons. The van der Waals surface area contributed by atoms with Gasteiger partial charge in [-0.1, -0.05) is 30.0 Å². The van der Waals surface area contributed by atoms with E-state index in [-0.39, 0.29) is 0 Å². The van der Waals surface area contributed by atoms with Crippen LogP contribution in [0.4, 0.5) is 22.0 Å². The summed E-state index contributed by atoms with van der Waals surface area (Å²) in [6.07, 6.45) is 1.58. The Morgan fingerprint density at radius 1 is 0.818 bits per heavy atom. The van der Waals surface area contributed by atoms with E-state index < -0.39 is 34.0 Å². The fraction of sp³-hybridized carbons (Fsp3) is 0.0667. The predicted molar refractivity (Wildman–Crippen MR) is 73.3 cm³/mol. The van der Waals surface area contributed by atoms with Gasteiger partial charge in [0.1, 0.15) is 0 Å². The van der Waals surface area contributed by atoms with E-state index in [9.17, 15) is 22.0 Å². The topological polar surface area (TPSA) is 4.93 Å². The molecule has 0 atom stereocenters. The maximum absolute atomic E-state index is 13.7. The Kier molecular flexibility index (Phi) is 3.60. The highest BCUT2D eigenvalue weighted by molar-refractivity contribution is 7.99. The van der Waals surface area contributed by atoms with Gasteiger partial charge in [0.05, 0.1) is 4.90 Å². The van der Waals surface area contributed by atoms with Crippen molar-refractivity contribution in [2.45, 2.75) is 9.79 Å². The van der Waals surface area contributed by atoms with Crippen LogP contribution in [0, 0.1) is 29.1 Å². The van der Waals surface area contributed by atoms with Crippen LogP contribution < -0.4 is 0 Å². The third-order valence-corrected chi connectivity index (χ3v) is 4.35. The summed E-state index contributed by atoms with van der Waals surface area (Å²) in [6.45, 7) is 0. The Morgan fingerprint density at radius 3 is 2.00 bits per heavy atom. The van der Waals surface area contributed by atoms with Crippen molar-refractivity contribution in [2.24, 2.45) is 7.05 Å². The Balaban J connectivity index is 2.18. The Bertz CT molecular complexity index is 858. The van der Waals surface area contributed by atoms with Crippen LogP contribution >= 0.6 is 11.8 Å². The number of halogens is 5. The third-order valence-electron chi connectivity index (χ3n) is 3.24. The van der Waals surface area contributed by atoms with Gasteiger partial charge in [0.2, 0.25) is 5.82 Å². The zero-order valence-electron chi connectivity index (χ0n) is 11.1. The molecule has 0 saturated carbocycles. The first kappa shape index (κ1) is 14.9. The zero-order valence-corrected chi connectivity index (χ0v) is 11.9. The summed E-state index contributed by atoms with van der Waals surface area (Å²) in [7, 11) is 1.73. The van der Waals surface area contributed by atoms with Gasteiger partial charge in [-0.3, -0.25) is 0 Å². The summed E-state index contributed by atoms with van der Waals surface area (Å²) in [6, 6.07) is 7.02. The third kappa shape index (κ3) is 2.16. The second-order valence-electron chi connectivity index (χ2n) is 4.62. The number of rotatable bonds is 2. The molecule has 3 aromatic rings. The fourth-order valence-electron chi connectivity index (χ4n) is 2.17. The lowest BCUT2D eigenvalue weighted by Gasteiger charge is -2.07. The molecule has 2 aromatic carbocycles. The molecule has 114 valence electrons. The van der Waals surface area contributed by atoms with Gasteiger partial charge in [0, 0.05) is 29.0 Å². The van der Waals surface area contributed by atoms with E-state index in [2.05, 4.69) is 0 Å². The van der Waals surface area contributed by atoms with Gasteiger partial charge in [-0.05, 0) is 6.07 Å². The summed E-state index contributed by atoms with van der Waals surface area (Å²) < 4.78 is 68.7. The lowest BCUT2D eigenvalue weighted by molar-refractivity contribution is 0.361. The van der Waals surface area contributed by atoms with Crippen molar-refractivity contribution < 1.29 is 22.0 Å². The Hall–Kier alpha value is -2.02. The molecule has 1 nitrogen and oxygen atoms in total. The van der Waals surface area contributed by atoms with E-state index >= 15 is 0 Å². The molecule has 0 N–H and O–H groups in total. The summed E-state index contributed by atoms with van der Waals surface area (Å²) in [5, 5.41) is 0.666. The highest BCUT2D eigenvalue weighted by Crippen LogP contribution is 2.39. The average molecular weight is 329 g/mol. The molecule has 22 heavy (non-hydrogen) atoms. The van der Waals surface area contributed by atoms with Crippen LogP contribution in [-0.4, -0.2) is 4.57 Å². The van der Waals surface area contributed by atoms with Gasteiger partial charge in [-0.15, -0.1) is 0 Å². The lowest BCUT2D eigenvalue weighted by atomic mass is 10.2. The highest BCUT2D eigenvalue weighted by atomic mass is 32.2. The zero-order chi connectivity index (χ0) is 16.0. The monoisotopic (exact) mass is 329 g/mol. The molecule has 0 aliphatic rings. The lowest BCUT2D eigenvalue weighted by Crippen LogP contribution is -2.03. The number of para-hydroxylation sites is 1. The highest BCUT2D eigenvalue weighted by Gasteiger charge is 2.27. The molecule has 0 aliphatic carbocycles. The van der Waals surface area contributed by atoms with Crippen molar-refractivity contribution in [2.75, 3.05) is 0 Å². The van der Waals surface area contributed by atoms with Gasteiger partial charge >= 0.3 is 0 Å². The average Bonchev–Trinajstić information content (AvgIpc) is 2.84. The number of aryl methyl sites for hydroxylation is 1. The maximum Gasteiger partial charge on any atom is 0.200 e. The number of hydrogen-bond acceptors (Lipinski definition) is 1. The van der Waals surface area contributed by atoms with E-state index in [1.165, 1.54) is 0 Å². The second-order valence-corrected chi connectivity index (χ2v) is 5.67. The summed E-state index contributed by atoms with van der Waals surface area (Å²) >= 11 is 0.511.